The van der Waals surface area contributed by atoms with Gasteiger partial charge in [-0.15, -0.1) is 0 Å². The molecule has 0 saturated carbocycles. The van der Waals surface area contributed by atoms with E-state index in [-0.39, 0.29) is 0 Å². The third-order valence-corrected chi connectivity index (χ3v) is 2.65. The lowest BCUT2D eigenvalue weighted by atomic mass is 10.0. The normalized spacial score (nSPS) is 23.7. The Kier molecular flexibility index (Phi) is 3.61. The molecule has 15 heavy (non-hydrogen) atoms. The van der Waals surface area contributed by atoms with Gasteiger partial charge in [0.1, 0.15) is 0 Å². The van der Waals surface area contributed by atoms with E-state index in [4.69, 9.17) is 0 Å². The lowest BCUT2D eigenvalue weighted by Gasteiger charge is -2.07. The first-order valence-corrected chi connectivity index (χ1v) is 5.53. The summed E-state index contributed by atoms with van der Waals surface area (Å²) in [5.41, 5.74) is 1.46. The summed E-state index contributed by atoms with van der Waals surface area (Å²) in [6.07, 6.45) is 21.7. The van der Waals surface area contributed by atoms with Gasteiger partial charge < -0.3 is 5.32 Å². The van der Waals surface area contributed by atoms with E-state index in [2.05, 4.69) is 60.1 Å². The second kappa shape index (κ2) is 5.40. The van der Waals surface area contributed by atoms with Gasteiger partial charge in [0, 0.05) is 12.5 Å². The van der Waals surface area contributed by atoms with Crippen LogP contribution in [0.25, 0.3) is 0 Å². The lowest BCUT2D eigenvalue weighted by molar-refractivity contribution is 0.805. The Bertz CT molecular complexity index is 342. The summed E-state index contributed by atoms with van der Waals surface area (Å²) in [7, 11) is 0. The van der Waals surface area contributed by atoms with E-state index in [1.165, 1.54) is 5.57 Å². The van der Waals surface area contributed by atoms with Crippen LogP contribution in [0.4, 0.5) is 0 Å². The molecule has 1 unspecified atom stereocenters. The lowest BCUT2D eigenvalue weighted by Crippen LogP contribution is -2.09. The third-order valence-electron chi connectivity index (χ3n) is 2.65. The molecule has 78 valence electrons. The molecule has 2 rings (SSSR count). The molecule has 1 nitrogen and oxygen atoms in total. The summed E-state index contributed by atoms with van der Waals surface area (Å²) in [6, 6.07) is 0. The van der Waals surface area contributed by atoms with Crippen molar-refractivity contribution in [1.82, 2.24) is 5.32 Å². The highest BCUT2D eigenvalue weighted by Crippen LogP contribution is 2.12. The Labute approximate surface area is 91.6 Å². The van der Waals surface area contributed by atoms with Gasteiger partial charge in [0.25, 0.3) is 0 Å². The molecule has 1 heteroatoms. The van der Waals surface area contributed by atoms with E-state index in [1.807, 2.05) is 0 Å². The minimum absolute atomic E-state index is 0.568. The summed E-state index contributed by atoms with van der Waals surface area (Å²) in [6.45, 7) is 0.968. The summed E-state index contributed by atoms with van der Waals surface area (Å²) < 4.78 is 0. The molecule has 0 heterocycles. The number of hydrogen-bond donors (Lipinski definition) is 1. The van der Waals surface area contributed by atoms with Crippen LogP contribution in [0, 0.1) is 5.92 Å². The van der Waals surface area contributed by atoms with E-state index >= 15 is 0 Å². The molecule has 0 saturated heterocycles. The Morgan fingerprint density at radius 3 is 3.00 bits per heavy atom. The summed E-state index contributed by atoms with van der Waals surface area (Å²) in [4.78, 5) is 0. The maximum atomic E-state index is 3.33. The second-order valence-corrected chi connectivity index (χ2v) is 3.91. The molecule has 0 aromatic rings. The molecule has 0 aliphatic heterocycles. The molecule has 0 fully saturated rings. The molecule has 2 aliphatic rings. The van der Waals surface area contributed by atoms with E-state index in [1.54, 1.807) is 0 Å². The van der Waals surface area contributed by atoms with E-state index in [9.17, 15) is 0 Å². The van der Waals surface area contributed by atoms with Gasteiger partial charge >= 0.3 is 0 Å². The summed E-state index contributed by atoms with van der Waals surface area (Å²) >= 11 is 0. The fourth-order valence-corrected chi connectivity index (χ4v) is 1.75. The summed E-state index contributed by atoms with van der Waals surface area (Å²) in [5, 5.41) is 3.33. The van der Waals surface area contributed by atoms with Crippen LogP contribution in [0.1, 0.15) is 12.8 Å². The first kappa shape index (κ1) is 10.0. The topological polar surface area (TPSA) is 12.0 Å². The zero-order valence-corrected chi connectivity index (χ0v) is 8.89. The zero-order valence-electron chi connectivity index (χ0n) is 8.89. The van der Waals surface area contributed by atoms with Crippen LogP contribution in [0.5, 0.6) is 0 Å². The van der Waals surface area contributed by atoms with Gasteiger partial charge in [-0.1, -0.05) is 48.6 Å². The van der Waals surface area contributed by atoms with E-state index < -0.39 is 0 Å². The van der Waals surface area contributed by atoms with Gasteiger partial charge in [-0.2, -0.15) is 0 Å². The Morgan fingerprint density at radius 1 is 1.27 bits per heavy atom. The van der Waals surface area contributed by atoms with Crippen molar-refractivity contribution in [3.63, 3.8) is 0 Å². The van der Waals surface area contributed by atoms with Gasteiger partial charge in [-0.05, 0) is 24.6 Å². The van der Waals surface area contributed by atoms with Crippen LogP contribution in [-0.4, -0.2) is 6.54 Å². The zero-order chi connectivity index (χ0) is 10.3. The fraction of sp³-hybridized carbons (Fsp3) is 0.286. The van der Waals surface area contributed by atoms with Gasteiger partial charge in [0.15, 0.2) is 0 Å². The number of allylic oxidation sites excluding steroid dienone is 8. The molecule has 1 N–H and O–H groups in total. The first-order valence-electron chi connectivity index (χ1n) is 5.53. The van der Waals surface area contributed by atoms with Crippen molar-refractivity contribution in [2.45, 2.75) is 12.8 Å². The average molecular weight is 199 g/mol. The van der Waals surface area contributed by atoms with Gasteiger partial charge in [-0.25, -0.2) is 0 Å². The maximum absolute atomic E-state index is 3.33. The molecule has 0 radical (unpaired) electrons. The predicted octanol–water partition coefficient (Wildman–Crippen LogP) is 3.11. The van der Waals surface area contributed by atoms with E-state index in [0.29, 0.717) is 5.92 Å². The molecule has 0 aromatic carbocycles. The predicted molar refractivity (Wildman–Crippen MR) is 65.4 cm³/mol. The van der Waals surface area contributed by atoms with Gasteiger partial charge in [0.2, 0.25) is 0 Å². The molecular weight excluding hydrogens is 182 g/mol. The minimum atomic E-state index is 0.568. The van der Waals surface area contributed by atoms with Crippen molar-refractivity contribution in [3.8, 4) is 0 Å². The first-order chi connectivity index (χ1) is 7.45. The molecule has 0 bridgehead atoms. The molecule has 2 aliphatic carbocycles. The van der Waals surface area contributed by atoms with Crippen LogP contribution in [0.15, 0.2) is 60.4 Å². The van der Waals surface area contributed by atoms with Crippen LogP contribution in [0.2, 0.25) is 0 Å². The molecule has 0 spiro atoms. The minimum Gasteiger partial charge on any atom is -0.387 e. The number of hydrogen-bond acceptors (Lipinski definition) is 1. The Hall–Kier alpha value is -1.50. The molecule has 1 atom stereocenters. The van der Waals surface area contributed by atoms with Crippen molar-refractivity contribution < 1.29 is 0 Å². The summed E-state index contributed by atoms with van der Waals surface area (Å²) in [5.74, 6) is 0.568. The van der Waals surface area contributed by atoms with Crippen molar-refractivity contribution >= 4 is 0 Å². The van der Waals surface area contributed by atoms with Gasteiger partial charge in [0.05, 0.1) is 0 Å². The molecular formula is C14H17N. The highest BCUT2D eigenvalue weighted by atomic mass is 14.8. The smallest absolute Gasteiger partial charge is 0.0360 e. The third kappa shape index (κ3) is 3.28. The molecule has 0 aromatic heterocycles. The number of nitrogens with one attached hydrogen (secondary N) is 1. The largest absolute Gasteiger partial charge is 0.387 e. The van der Waals surface area contributed by atoms with Crippen molar-refractivity contribution in [1.29, 1.82) is 0 Å². The van der Waals surface area contributed by atoms with Crippen LogP contribution in [0.3, 0.4) is 0 Å². The maximum Gasteiger partial charge on any atom is 0.0360 e. The SMILES string of the molecule is C1=CCC(CN/C=C/C2C=CC=CC2)=C1. The standard InChI is InChI=1S/C14H17N/c1-2-6-13(7-3-1)10-11-15-12-14-8-4-5-9-14/h1-6,8,10-11,13,15H,7,9,12H2/b11-10+. The van der Waals surface area contributed by atoms with Crippen molar-refractivity contribution in [2.24, 2.45) is 5.92 Å². The monoisotopic (exact) mass is 199 g/mol. The Morgan fingerprint density at radius 2 is 2.27 bits per heavy atom. The number of rotatable bonds is 4. The quantitative estimate of drug-likeness (QED) is 0.733. The second-order valence-electron chi connectivity index (χ2n) is 3.91. The highest BCUT2D eigenvalue weighted by Gasteiger charge is 1.99. The molecule has 0 amide bonds. The van der Waals surface area contributed by atoms with Crippen LogP contribution >= 0.6 is 0 Å². The Balaban J connectivity index is 1.67. The van der Waals surface area contributed by atoms with Gasteiger partial charge in [-0.3, -0.25) is 0 Å². The van der Waals surface area contributed by atoms with Crippen LogP contribution < -0.4 is 5.32 Å². The van der Waals surface area contributed by atoms with Crippen molar-refractivity contribution in [3.05, 3.63) is 60.4 Å². The fourth-order valence-electron chi connectivity index (χ4n) is 1.75. The average Bonchev–Trinajstić information content (AvgIpc) is 2.79. The van der Waals surface area contributed by atoms with Crippen molar-refractivity contribution in [2.75, 3.05) is 6.54 Å². The highest BCUT2D eigenvalue weighted by molar-refractivity contribution is 5.24. The van der Waals surface area contributed by atoms with E-state index in [0.717, 1.165) is 19.4 Å². The van der Waals surface area contributed by atoms with Crippen LogP contribution in [-0.2, 0) is 0 Å².